The zero-order chi connectivity index (χ0) is 22.2. The number of anilines is 2. The number of nitrogens with one attached hydrogen (secondary N) is 1. The van der Waals surface area contributed by atoms with Gasteiger partial charge in [-0.3, -0.25) is 19.7 Å². The monoisotopic (exact) mass is 443 g/mol. The van der Waals surface area contributed by atoms with Crippen LogP contribution in [0.1, 0.15) is 38.0 Å². The number of rotatable bonds is 5. The largest absolute Gasteiger partial charge is 0.492 e. The molecule has 0 radical (unpaired) electrons. The van der Waals surface area contributed by atoms with Crippen molar-refractivity contribution in [2.75, 3.05) is 16.8 Å². The third kappa shape index (κ3) is 3.30. The minimum absolute atomic E-state index is 0.337. The SMILES string of the molecule is CCOc1cccc2sc(NC(=O)c3ccc(N4C(=O)c5ccccc5C4=O)cc3)nc12. The van der Waals surface area contributed by atoms with Gasteiger partial charge in [0.15, 0.2) is 5.13 Å². The van der Waals surface area contributed by atoms with Gasteiger partial charge in [-0.2, -0.15) is 0 Å². The van der Waals surface area contributed by atoms with Gasteiger partial charge in [-0.15, -0.1) is 0 Å². The molecule has 0 spiro atoms. The Labute approximate surface area is 187 Å². The molecule has 0 fully saturated rings. The van der Waals surface area contributed by atoms with E-state index in [4.69, 9.17) is 4.74 Å². The van der Waals surface area contributed by atoms with Crippen molar-refractivity contribution in [3.05, 3.63) is 83.4 Å². The van der Waals surface area contributed by atoms with Gasteiger partial charge >= 0.3 is 0 Å². The third-order valence-corrected chi connectivity index (χ3v) is 6.02. The molecule has 5 rings (SSSR count). The number of fused-ring (bicyclic) bond motifs is 2. The number of carbonyl (C=O) groups excluding carboxylic acids is 3. The fraction of sp³-hybridized carbons (Fsp3) is 0.0833. The summed E-state index contributed by atoms with van der Waals surface area (Å²) in [4.78, 5) is 43.6. The maximum Gasteiger partial charge on any atom is 0.266 e. The van der Waals surface area contributed by atoms with E-state index in [1.807, 2.05) is 25.1 Å². The van der Waals surface area contributed by atoms with Gasteiger partial charge in [-0.05, 0) is 55.5 Å². The van der Waals surface area contributed by atoms with Gasteiger partial charge in [0.05, 0.1) is 28.1 Å². The van der Waals surface area contributed by atoms with Gasteiger partial charge in [0.25, 0.3) is 17.7 Å². The standard InChI is InChI=1S/C24H17N3O4S/c1-2-31-18-8-5-9-19-20(18)25-24(32-19)26-21(28)14-10-12-15(13-11-14)27-22(29)16-6-3-4-7-17(16)23(27)30/h3-13H,2H2,1H3,(H,25,26,28). The lowest BCUT2D eigenvalue weighted by atomic mass is 10.1. The number of aromatic nitrogens is 1. The van der Waals surface area contributed by atoms with E-state index in [0.717, 1.165) is 9.60 Å². The minimum atomic E-state index is -0.373. The molecule has 8 heteroatoms. The summed E-state index contributed by atoms with van der Waals surface area (Å²) in [5.74, 6) is -0.410. The maximum absolute atomic E-state index is 12.7. The average Bonchev–Trinajstić information content (AvgIpc) is 3.33. The molecule has 32 heavy (non-hydrogen) atoms. The van der Waals surface area contributed by atoms with Crippen molar-refractivity contribution in [2.45, 2.75) is 6.92 Å². The van der Waals surface area contributed by atoms with Gasteiger partial charge in [-0.1, -0.05) is 29.5 Å². The zero-order valence-corrected chi connectivity index (χ0v) is 17.8. The molecule has 1 N–H and O–H groups in total. The molecule has 0 atom stereocenters. The van der Waals surface area contributed by atoms with Crippen LogP contribution in [-0.2, 0) is 0 Å². The fourth-order valence-electron chi connectivity index (χ4n) is 3.60. The summed E-state index contributed by atoms with van der Waals surface area (Å²) >= 11 is 1.36. The van der Waals surface area contributed by atoms with E-state index in [0.29, 0.717) is 45.4 Å². The van der Waals surface area contributed by atoms with Crippen LogP contribution in [0.5, 0.6) is 5.75 Å². The van der Waals surface area contributed by atoms with Crippen molar-refractivity contribution >= 4 is 50.1 Å². The molecule has 1 aliphatic rings. The number of amides is 3. The van der Waals surface area contributed by atoms with Gasteiger partial charge in [0.2, 0.25) is 0 Å². The Morgan fingerprint density at radius 3 is 2.31 bits per heavy atom. The molecule has 0 unspecified atom stereocenters. The van der Waals surface area contributed by atoms with Crippen LogP contribution in [0.25, 0.3) is 10.2 Å². The summed E-state index contributed by atoms with van der Waals surface area (Å²) in [7, 11) is 0. The molecule has 158 valence electrons. The molecule has 2 heterocycles. The van der Waals surface area contributed by atoms with Gasteiger partial charge in [0.1, 0.15) is 11.3 Å². The molecule has 3 amide bonds. The van der Waals surface area contributed by atoms with E-state index >= 15 is 0 Å². The first kappa shape index (κ1) is 19.9. The molecule has 4 aromatic rings. The lowest BCUT2D eigenvalue weighted by Gasteiger charge is -2.14. The van der Waals surface area contributed by atoms with Crippen LogP contribution in [0.15, 0.2) is 66.7 Å². The lowest BCUT2D eigenvalue weighted by molar-refractivity contribution is 0.0925. The molecule has 0 aliphatic carbocycles. The molecule has 0 bridgehead atoms. The predicted octanol–water partition coefficient (Wildman–Crippen LogP) is 4.75. The van der Waals surface area contributed by atoms with Gasteiger partial charge < -0.3 is 4.74 Å². The van der Waals surface area contributed by atoms with Crippen LogP contribution in [0, 0.1) is 0 Å². The normalized spacial score (nSPS) is 12.8. The van der Waals surface area contributed by atoms with Crippen molar-refractivity contribution in [3.63, 3.8) is 0 Å². The third-order valence-electron chi connectivity index (χ3n) is 5.08. The zero-order valence-electron chi connectivity index (χ0n) is 17.0. The number of ether oxygens (including phenoxy) is 1. The molecular weight excluding hydrogens is 426 g/mol. The fourth-order valence-corrected chi connectivity index (χ4v) is 4.48. The Morgan fingerprint density at radius 2 is 1.66 bits per heavy atom. The summed E-state index contributed by atoms with van der Waals surface area (Å²) < 4.78 is 6.51. The number of carbonyl (C=O) groups is 3. The number of nitrogens with zero attached hydrogens (tertiary/aromatic N) is 2. The predicted molar refractivity (Wildman–Crippen MR) is 123 cm³/mol. The van der Waals surface area contributed by atoms with Gasteiger partial charge in [-0.25, -0.2) is 9.88 Å². The van der Waals surface area contributed by atoms with E-state index in [-0.39, 0.29) is 17.7 Å². The van der Waals surface area contributed by atoms with E-state index in [2.05, 4.69) is 10.3 Å². The highest BCUT2D eigenvalue weighted by molar-refractivity contribution is 7.22. The summed E-state index contributed by atoms with van der Waals surface area (Å²) in [6, 6.07) is 18.7. The second-order valence-corrected chi connectivity index (χ2v) is 8.08. The Bertz CT molecular complexity index is 1340. The van der Waals surface area contributed by atoms with Crippen LogP contribution in [0.2, 0.25) is 0 Å². The molecular formula is C24H17N3O4S. The first-order valence-electron chi connectivity index (χ1n) is 9.98. The highest BCUT2D eigenvalue weighted by Gasteiger charge is 2.36. The number of thiazole rings is 1. The van der Waals surface area contributed by atoms with Crippen LogP contribution in [0.3, 0.4) is 0 Å². The summed E-state index contributed by atoms with van der Waals surface area (Å²) in [5.41, 5.74) is 2.25. The number of benzene rings is 3. The van der Waals surface area contributed by atoms with Crippen LogP contribution in [-0.4, -0.2) is 29.3 Å². The second-order valence-electron chi connectivity index (χ2n) is 7.05. The summed E-state index contributed by atoms with van der Waals surface area (Å²) in [6.45, 7) is 2.43. The number of hydrogen-bond acceptors (Lipinski definition) is 6. The highest BCUT2D eigenvalue weighted by atomic mass is 32.1. The van der Waals surface area contributed by atoms with Crippen molar-refractivity contribution in [1.29, 1.82) is 0 Å². The Hall–Kier alpha value is -4.04. The van der Waals surface area contributed by atoms with Crippen molar-refractivity contribution in [2.24, 2.45) is 0 Å². The Morgan fingerprint density at radius 1 is 0.969 bits per heavy atom. The summed E-state index contributed by atoms with van der Waals surface area (Å²) in [6.07, 6.45) is 0. The second kappa shape index (κ2) is 7.90. The first-order chi connectivity index (χ1) is 15.6. The first-order valence-corrected chi connectivity index (χ1v) is 10.8. The topological polar surface area (TPSA) is 88.6 Å². The number of imide groups is 1. The lowest BCUT2D eigenvalue weighted by Crippen LogP contribution is -2.29. The molecule has 1 aliphatic heterocycles. The highest BCUT2D eigenvalue weighted by Crippen LogP contribution is 2.33. The molecule has 0 saturated heterocycles. The maximum atomic E-state index is 12.7. The van der Waals surface area contributed by atoms with Gasteiger partial charge in [0, 0.05) is 5.56 Å². The molecule has 0 saturated carbocycles. The summed E-state index contributed by atoms with van der Waals surface area (Å²) in [5, 5.41) is 3.26. The Balaban J connectivity index is 1.35. The number of para-hydroxylation sites is 1. The van der Waals surface area contributed by atoms with E-state index in [1.54, 1.807) is 48.5 Å². The number of hydrogen-bond donors (Lipinski definition) is 1. The minimum Gasteiger partial charge on any atom is -0.492 e. The van der Waals surface area contributed by atoms with Crippen LogP contribution >= 0.6 is 11.3 Å². The van der Waals surface area contributed by atoms with Crippen molar-refractivity contribution in [1.82, 2.24) is 4.98 Å². The molecule has 3 aromatic carbocycles. The van der Waals surface area contributed by atoms with Crippen LogP contribution < -0.4 is 15.0 Å². The van der Waals surface area contributed by atoms with E-state index in [9.17, 15) is 14.4 Å². The Kier molecular flexibility index (Phi) is 4.91. The quantitative estimate of drug-likeness (QED) is 0.450. The molecule has 1 aromatic heterocycles. The van der Waals surface area contributed by atoms with Crippen LogP contribution in [0.4, 0.5) is 10.8 Å². The molecule has 7 nitrogen and oxygen atoms in total. The van der Waals surface area contributed by atoms with Crippen molar-refractivity contribution < 1.29 is 19.1 Å². The van der Waals surface area contributed by atoms with E-state index < -0.39 is 0 Å². The average molecular weight is 443 g/mol. The van der Waals surface area contributed by atoms with Crippen molar-refractivity contribution in [3.8, 4) is 5.75 Å². The smallest absolute Gasteiger partial charge is 0.266 e. The van der Waals surface area contributed by atoms with E-state index in [1.165, 1.54) is 11.3 Å².